The van der Waals surface area contributed by atoms with E-state index < -0.39 is 0 Å². The molecule has 2 N–H and O–H groups in total. The van der Waals surface area contributed by atoms with Crippen LogP contribution in [0, 0.1) is 0 Å². The summed E-state index contributed by atoms with van der Waals surface area (Å²) in [6, 6.07) is 20.9. The molecule has 3 heterocycles. The van der Waals surface area contributed by atoms with E-state index in [-0.39, 0.29) is 0 Å². The summed E-state index contributed by atoms with van der Waals surface area (Å²) in [5, 5.41) is 0. The van der Waals surface area contributed by atoms with Crippen LogP contribution in [0.1, 0.15) is 11.8 Å². The highest BCUT2D eigenvalue weighted by Gasteiger charge is 2.16. The van der Waals surface area contributed by atoms with Gasteiger partial charge < -0.3 is 9.97 Å². The largest absolute Gasteiger partial charge is 0.345 e. The SMILES string of the molecule is CCc1ccc(-c2nc(-c3ccc4nc[nH]c4c3)c(-c3ccccc3)[nH]2)s1. The zero-order valence-corrected chi connectivity index (χ0v) is 15.7. The second-order valence-corrected chi connectivity index (χ2v) is 7.60. The van der Waals surface area contributed by atoms with Gasteiger partial charge in [0.25, 0.3) is 0 Å². The number of aromatic nitrogens is 4. The first-order valence-electron chi connectivity index (χ1n) is 9.00. The minimum atomic E-state index is 0.915. The van der Waals surface area contributed by atoms with Crippen LogP contribution in [0.25, 0.3) is 44.2 Å². The lowest BCUT2D eigenvalue weighted by Gasteiger charge is -2.03. The van der Waals surface area contributed by atoms with Crippen LogP contribution < -0.4 is 0 Å². The van der Waals surface area contributed by atoms with Crippen LogP contribution in [0.2, 0.25) is 0 Å². The van der Waals surface area contributed by atoms with Crippen LogP contribution in [0.5, 0.6) is 0 Å². The number of imidazole rings is 2. The lowest BCUT2D eigenvalue weighted by molar-refractivity contribution is 1.19. The molecule has 0 aliphatic heterocycles. The zero-order valence-electron chi connectivity index (χ0n) is 14.9. The van der Waals surface area contributed by atoms with Gasteiger partial charge in [-0.15, -0.1) is 11.3 Å². The number of fused-ring (bicyclic) bond motifs is 1. The Kier molecular flexibility index (Phi) is 3.87. The average Bonchev–Trinajstić information content (AvgIpc) is 3.46. The predicted molar refractivity (Wildman–Crippen MR) is 112 cm³/mol. The minimum Gasteiger partial charge on any atom is -0.345 e. The smallest absolute Gasteiger partial charge is 0.148 e. The molecule has 3 aromatic heterocycles. The summed E-state index contributed by atoms with van der Waals surface area (Å²) in [4.78, 5) is 18.6. The van der Waals surface area contributed by atoms with Crippen LogP contribution in [0.15, 0.2) is 67.0 Å². The summed E-state index contributed by atoms with van der Waals surface area (Å²) in [6.07, 6.45) is 2.76. The summed E-state index contributed by atoms with van der Waals surface area (Å²) in [5.41, 5.74) is 6.17. The van der Waals surface area contributed by atoms with Crippen molar-refractivity contribution in [2.45, 2.75) is 13.3 Å². The van der Waals surface area contributed by atoms with Crippen LogP contribution in [-0.4, -0.2) is 19.9 Å². The number of nitrogens with one attached hydrogen (secondary N) is 2. The van der Waals surface area contributed by atoms with Gasteiger partial charge in [0, 0.05) is 16.0 Å². The highest BCUT2D eigenvalue weighted by Crippen LogP contribution is 2.35. The maximum atomic E-state index is 4.99. The molecular formula is C22H18N4S. The fourth-order valence-corrected chi connectivity index (χ4v) is 4.18. The maximum Gasteiger partial charge on any atom is 0.148 e. The van der Waals surface area contributed by atoms with Gasteiger partial charge in [0.2, 0.25) is 0 Å². The molecule has 0 atom stereocenters. The van der Waals surface area contributed by atoms with Crippen molar-refractivity contribution in [3.05, 3.63) is 71.9 Å². The Morgan fingerprint density at radius 2 is 1.85 bits per heavy atom. The Bertz CT molecular complexity index is 1210. The molecule has 0 aliphatic rings. The standard InChI is InChI=1S/C22H18N4S/c1-2-16-9-11-19(27-16)22-25-20(14-6-4-3-5-7-14)21(26-22)15-8-10-17-18(12-15)24-13-23-17/h3-13H,2H2,1H3,(H,23,24)(H,25,26). The van der Waals surface area contributed by atoms with Crippen molar-refractivity contribution in [2.24, 2.45) is 0 Å². The van der Waals surface area contributed by atoms with Crippen molar-refractivity contribution in [3.63, 3.8) is 0 Å². The van der Waals surface area contributed by atoms with Crippen molar-refractivity contribution in [1.82, 2.24) is 19.9 Å². The van der Waals surface area contributed by atoms with Gasteiger partial charge >= 0.3 is 0 Å². The Labute approximate surface area is 161 Å². The van der Waals surface area contributed by atoms with Crippen molar-refractivity contribution in [2.75, 3.05) is 0 Å². The van der Waals surface area contributed by atoms with Crippen molar-refractivity contribution >= 4 is 22.4 Å². The van der Waals surface area contributed by atoms with E-state index in [1.807, 2.05) is 12.1 Å². The van der Waals surface area contributed by atoms with Crippen molar-refractivity contribution in [3.8, 4) is 33.2 Å². The molecule has 0 saturated heterocycles. The fourth-order valence-electron chi connectivity index (χ4n) is 3.29. The van der Waals surface area contributed by atoms with E-state index in [0.29, 0.717) is 0 Å². The van der Waals surface area contributed by atoms with Gasteiger partial charge in [-0.05, 0) is 30.7 Å². The van der Waals surface area contributed by atoms with E-state index in [0.717, 1.165) is 50.7 Å². The summed E-state index contributed by atoms with van der Waals surface area (Å²) in [5.74, 6) is 0.915. The number of benzene rings is 2. The van der Waals surface area contributed by atoms with Gasteiger partial charge in [0.1, 0.15) is 5.82 Å². The Morgan fingerprint density at radius 3 is 2.67 bits per heavy atom. The van der Waals surface area contributed by atoms with Crippen LogP contribution in [0.4, 0.5) is 0 Å². The molecule has 0 aliphatic carbocycles. The van der Waals surface area contributed by atoms with E-state index in [1.54, 1.807) is 17.7 Å². The van der Waals surface area contributed by atoms with Crippen molar-refractivity contribution < 1.29 is 0 Å². The van der Waals surface area contributed by atoms with Gasteiger partial charge in [-0.1, -0.05) is 43.3 Å². The van der Waals surface area contributed by atoms with E-state index in [1.165, 1.54) is 4.88 Å². The third-order valence-electron chi connectivity index (χ3n) is 4.70. The first-order valence-corrected chi connectivity index (χ1v) is 9.81. The third kappa shape index (κ3) is 2.86. The van der Waals surface area contributed by atoms with Gasteiger partial charge in [0.05, 0.1) is 33.6 Å². The van der Waals surface area contributed by atoms with Gasteiger partial charge in [0.15, 0.2) is 0 Å². The summed E-state index contributed by atoms with van der Waals surface area (Å²) in [7, 11) is 0. The molecular weight excluding hydrogens is 352 g/mol. The number of thiophene rings is 1. The fraction of sp³-hybridized carbons (Fsp3) is 0.0909. The van der Waals surface area contributed by atoms with Gasteiger partial charge in [-0.2, -0.15) is 0 Å². The highest BCUT2D eigenvalue weighted by molar-refractivity contribution is 7.15. The Hall–Kier alpha value is -3.18. The first kappa shape index (κ1) is 16.0. The molecule has 27 heavy (non-hydrogen) atoms. The number of hydrogen-bond donors (Lipinski definition) is 2. The molecule has 4 nitrogen and oxygen atoms in total. The van der Waals surface area contributed by atoms with E-state index in [4.69, 9.17) is 4.98 Å². The second-order valence-electron chi connectivity index (χ2n) is 6.43. The quantitative estimate of drug-likeness (QED) is 0.413. The Balaban J connectivity index is 1.70. The summed E-state index contributed by atoms with van der Waals surface area (Å²) >= 11 is 1.79. The van der Waals surface area contributed by atoms with E-state index in [2.05, 4.69) is 70.4 Å². The Morgan fingerprint density at radius 1 is 0.963 bits per heavy atom. The van der Waals surface area contributed by atoms with Crippen LogP contribution >= 0.6 is 11.3 Å². The topological polar surface area (TPSA) is 57.4 Å². The number of aromatic amines is 2. The van der Waals surface area contributed by atoms with Crippen molar-refractivity contribution in [1.29, 1.82) is 0 Å². The second kappa shape index (κ2) is 6.52. The normalized spacial score (nSPS) is 11.3. The van der Waals surface area contributed by atoms with Gasteiger partial charge in [-0.3, -0.25) is 0 Å². The maximum absolute atomic E-state index is 4.99. The first-order chi connectivity index (χ1) is 13.3. The van der Waals surface area contributed by atoms with Crippen LogP contribution in [0.3, 0.4) is 0 Å². The number of aryl methyl sites for hydroxylation is 1. The number of rotatable bonds is 4. The molecule has 132 valence electrons. The van der Waals surface area contributed by atoms with Crippen LogP contribution in [-0.2, 0) is 6.42 Å². The highest BCUT2D eigenvalue weighted by atomic mass is 32.1. The van der Waals surface area contributed by atoms with E-state index >= 15 is 0 Å². The average molecular weight is 370 g/mol. The molecule has 0 radical (unpaired) electrons. The zero-order chi connectivity index (χ0) is 18.2. The third-order valence-corrected chi connectivity index (χ3v) is 5.94. The molecule has 0 bridgehead atoms. The summed E-state index contributed by atoms with van der Waals surface area (Å²) < 4.78 is 0. The molecule has 2 aromatic carbocycles. The van der Waals surface area contributed by atoms with Gasteiger partial charge in [-0.25, -0.2) is 9.97 Å². The molecule has 5 rings (SSSR count). The predicted octanol–water partition coefficient (Wildman–Crippen LogP) is 5.91. The number of H-pyrrole nitrogens is 2. The lowest BCUT2D eigenvalue weighted by atomic mass is 10.0. The molecule has 0 amide bonds. The summed E-state index contributed by atoms with van der Waals surface area (Å²) in [6.45, 7) is 2.18. The minimum absolute atomic E-state index is 0.915. The molecule has 0 unspecified atom stereocenters. The molecule has 0 fully saturated rings. The molecule has 0 spiro atoms. The number of nitrogens with zero attached hydrogens (tertiary/aromatic N) is 2. The number of hydrogen-bond acceptors (Lipinski definition) is 3. The molecule has 5 heteroatoms. The lowest BCUT2D eigenvalue weighted by Crippen LogP contribution is -1.84. The monoisotopic (exact) mass is 370 g/mol. The molecule has 5 aromatic rings. The molecule has 0 saturated carbocycles. The van der Waals surface area contributed by atoms with E-state index in [9.17, 15) is 0 Å².